The van der Waals surface area contributed by atoms with Crippen LogP contribution < -0.4 is 4.74 Å². The summed E-state index contributed by atoms with van der Waals surface area (Å²) in [5, 5.41) is 3.98. The molecule has 0 atom stereocenters. The maximum Gasteiger partial charge on any atom is 0.152 e. The van der Waals surface area contributed by atoms with Gasteiger partial charge in [-0.05, 0) is 29.8 Å². The van der Waals surface area contributed by atoms with Crippen LogP contribution >= 0.6 is 11.6 Å². The van der Waals surface area contributed by atoms with Gasteiger partial charge in [-0.1, -0.05) is 35.5 Å². The van der Waals surface area contributed by atoms with E-state index in [1.165, 1.54) is 0 Å². The lowest BCUT2D eigenvalue weighted by molar-refractivity contribution is 0.306. The van der Waals surface area contributed by atoms with Crippen molar-refractivity contribution in [3.8, 4) is 17.0 Å². The van der Waals surface area contributed by atoms with E-state index in [0.29, 0.717) is 18.2 Å². The third-order valence-corrected chi connectivity index (χ3v) is 3.35. The number of ether oxygens (including phenoxy) is 1. The molecule has 0 spiro atoms. The van der Waals surface area contributed by atoms with Gasteiger partial charge in [0.15, 0.2) is 5.76 Å². The minimum atomic E-state index is 0.325. The molecular formula is C17H14ClNO2. The molecule has 2 aromatic carbocycles. The Kier molecular flexibility index (Phi) is 4.22. The van der Waals surface area contributed by atoms with Gasteiger partial charge < -0.3 is 9.26 Å². The number of hydrogen-bond acceptors (Lipinski definition) is 3. The van der Waals surface area contributed by atoms with Crippen LogP contribution in [0.1, 0.15) is 11.3 Å². The molecule has 1 aromatic heterocycles. The number of aromatic nitrogens is 1. The molecule has 0 saturated heterocycles. The fourth-order valence-electron chi connectivity index (χ4n) is 1.97. The largest absolute Gasteiger partial charge is 0.489 e. The first kappa shape index (κ1) is 13.7. The Balaban J connectivity index is 1.66. The van der Waals surface area contributed by atoms with Gasteiger partial charge in [0.2, 0.25) is 0 Å². The molecule has 0 aliphatic carbocycles. The molecular weight excluding hydrogens is 286 g/mol. The quantitative estimate of drug-likeness (QED) is 0.643. The minimum absolute atomic E-state index is 0.325. The lowest BCUT2D eigenvalue weighted by Gasteiger charge is -2.06. The van der Waals surface area contributed by atoms with Crippen LogP contribution in [0, 0.1) is 0 Å². The highest BCUT2D eigenvalue weighted by molar-refractivity contribution is 6.16. The molecule has 3 nitrogen and oxygen atoms in total. The normalized spacial score (nSPS) is 10.5. The van der Waals surface area contributed by atoms with E-state index < -0.39 is 0 Å². The second kappa shape index (κ2) is 6.46. The maximum absolute atomic E-state index is 5.74. The van der Waals surface area contributed by atoms with Gasteiger partial charge in [-0.3, -0.25) is 0 Å². The molecule has 3 rings (SSSR count). The Bertz CT molecular complexity index is 692. The highest BCUT2D eigenvalue weighted by Gasteiger charge is 2.06. The lowest BCUT2D eigenvalue weighted by Crippen LogP contribution is -1.94. The highest BCUT2D eigenvalue weighted by atomic mass is 35.5. The zero-order valence-corrected chi connectivity index (χ0v) is 12.1. The van der Waals surface area contributed by atoms with Crippen LogP contribution in [0.15, 0.2) is 65.2 Å². The van der Waals surface area contributed by atoms with Crippen LogP contribution in [0.3, 0.4) is 0 Å². The third-order valence-electron chi connectivity index (χ3n) is 3.09. The predicted molar refractivity (Wildman–Crippen MR) is 82.3 cm³/mol. The first-order valence-corrected chi connectivity index (χ1v) is 7.17. The fourth-order valence-corrected chi connectivity index (χ4v) is 2.10. The van der Waals surface area contributed by atoms with Crippen molar-refractivity contribution < 1.29 is 9.26 Å². The number of rotatable bonds is 5. The molecule has 0 amide bonds. The van der Waals surface area contributed by atoms with Crippen LogP contribution in [0.25, 0.3) is 11.3 Å². The Morgan fingerprint density at radius 1 is 1.00 bits per heavy atom. The summed E-state index contributed by atoms with van der Waals surface area (Å²) in [6.45, 7) is 0.556. The summed E-state index contributed by atoms with van der Waals surface area (Å²) in [6, 6.07) is 19.7. The van der Waals surface area contributed by atoms with Gasteiger partial charge in [-0.15, -0.1) is 11.6 Å². The van der Waals surface area contributed by atoms with Gasteiger partial charge >= 0.3 is 0 Å². The highest BCUT2D eigenvalue weighted by Crippen LogP contribution is 2.23. The van der Waals surface area contributed by atoms with E-state index in [9.17, 15) is 0 Å². The molecule has 0 aliphatic rings. The summed E-state index contributed by atoms with van der Waals surface area (Å²) in [4.78, 5) is 0. The van der Waals surface area contributed by atoms with E-state index in [0.717, 1.165) is 22.6 Å². The predicted octanol–water partition coefficient (Wildman–Crippen LogP) is 4.66. The van der Waals surface area contributed by atoms with Crippen LogP contribution in [-0.4, -0.2) is 5.16 Å². The minimum Gasteiger partial charge on any atom is -0.489 e. The first-order chi connectivity index (χ1) is 10.3. The van der Waals surface area contributed by atoms with Crippen molar-refractivity contribution in [1.29, 1.82) is 0 Å². The van der Waals surface area contributed by atoms with Crippen molar-refractivity contribution in [2.45, 2.75) is 12.5 Å². The van der Waals surface area contributed by atoms with Crippen molar-refractivity contribution in [1.82, 2.24) is 5.16 Å². The average molecular weight is 300 g/mol. The second-order valence-corrected chi connectivity index (χ2v) is 4.88. The van der Waals surface area contributed by atoms with Gasteiger partial charge in [0, 0.05) is 11.6 Å². The molecule has 4 heteroatoms. The topological polar surface area (TPSA) is 35.3 Å². The molecule has 0 radical (unpaired) electrons. The smallest absolute Gasteiger partial charge is 0.152 e. The Labute approximate surface area is 128 Å². The molecule has 3 aromatic rings. The van der Waals surface area contributed by atoms with Crippen LogP contribution in [-0.2, 0) is 12.5 Å². The average Bonchev–Trinajstić information content (AvgIpc) is 3.03. The molecule has 1 heterocycles. The van der Waals surface area contributed by atoms with Gasteiger partial charge in [-0.2, -0.15) is 0 Å². The molecule has 106 valence electrons. The summed E-state index contributed by atoms with van der Waals surface area (Å²) >= 11 is 5.70. The third kappa shape index (κ3) is 3.44. The van der Waals surface area contributed by atoms with E-state index >= 15 is 0 Å². The number of halogens is 1. The lowest BCUT2D eigenvalue weighted by atomic mass is 10.1. The zero-order valence-electron chi connectivity index (χ0n) is 11.3. The SMILES string of the molecule is ClCc1cc(-c2ccc(OCc3ccccc3)cc2)no1. The Hall–Kier alpha value is -2.26. The van der Waals surface area contributed by atoms with Gasteiger partial charge in [0.1, 0.15) is 18.1 Å². The molecule has 0 saturated carbocycles. The van der Waals surface area contributed by atoms with Gasteiger partial charge in [0.25, 0.3) is 0 Å². The van der Waals surface area contributed by atoms with Gasteiger partial charge in [0.05, 0.1) is 5.88 Å². The molecule has 0 aliphatic heterocycles. The van der Waals surface area contributed by atoms with Crippen molar-refractivity contribution in [3.63, 3.8) is 0 Å². The molecule has 0 fully saturated rings. The first-order valence-electron chi connectivity index (χ1n) is 6.64. The summed E-state index contributed by atoms with van der Waals surface area (Å²) in [7, 11) is 0. The summed E-state index contributed by atoms with van der Waals surface area (Å²) in [6.07, 6.45) is 0. The molecule has 0 unspecified atom stereocenters. The number of hydrogen-bond donors (Lipinski definition) is 0. The van der Waals surface area contributed by atoms with Crippen LogP contribution in [0.2, 0.25) is 0 Å². The van der Waals surface area contributed by atoms with Crippen molar-refractivity contribution in [2.75, 3.05) is 0 Å². The maximum atomic E-state index is 5.74. The van der Waals surface area contributed by atoms with Crippen molar-refractivity contribution in [3.05, 3.63) is 72.0 Å². The van der Waals surface area contributed by atoms with Crippen LogP contribution in [0.5, 0.6) is 5.75 Å². The fraction of sp³-hybridized carbons (Fsp3) is 0.118. The second-order valence-electron chi connectivity index (χ2n) is 4.61. The number of benzene rings is 2. The van der Waals surface area contributed by atoms with Crippen molar-refractivity contribution >= 4 is 11.6 Å². The van der Waals surface area contributed by atoms with E-state index in [2.05, 4.69) is 5.16 Å². The Morgan fingerprint density at radius 2 is 1.76 bits per heavy atom. The van der Waals surface area contributed by atoms with Gasteiger partial charge in [-0.25, -0.2) is 0 Å². The van der Waals surface area contributed by atoms with E-state index in [1.807, 2.05) is 60.7 Å². The number of nitrogens with zero attached hydrogens (tertiary/aromatic N) is 1. The molecule has 21 heavy (non-hydrogen) atoms. The van der Waals surface area contributed by atoms with E-state index in [1.54, 1.807) is 0 Å². The zero-order chi connectivity index (χ0) is 14.5. The molecule has 0 N–H and O–H groups in total. The summed E-state index contributed by atoms with van der Waals surface area (Å²) < 4.78 is 10.8. The monoisotopic (exact) mass is 299 g/mol. The summed E-state index contributed by atoms with van der Waals surface area (Å²) in [5.74, 6) is 1.81. The van der Waals surface area contributed by atoms with Crippen molar-refractivity contribution in [2.24, 2.45) is 0 Å². The van der Waals surface area contributed by atoms with E-state index in [4.69, 9.17) is 20.9 Å². The standard InChI is InChI=1S/C17H14ClNO2/c18-11-16-10-17(19-21-16)14-6-8-15(9-7-14)20-12-13-4-2-1-3-5-13/h1-10H,11-12H2. The Morgan fingerprint density at radius 3 is 2.43 bits per heavy atom. The van der Waals surface area contributed by atoms with E-state index in [-0.39, 0.29) is 0 Å². The summed E-state index contributed by atoms with van der Waals surface area (Å²) in [5.41, 5.74) is 2.90. The molecule has 0 bridgehead atoms. The van der Waals surface area contributed by atoms with Crippen LogP contribution in [0.4, 0.5) is 0 Å². The number of alkyl halides is 1.